The molecular formula is C16H32N2. The summed E-state index contributed by atoms with van der Waals surface area (Å²) in [7, 11) is 0. The number of likely N-dealkylation sites (tertiary alicyclic amines) is 1. The first kappa shape index (κ1) is 14.3. The molecule has 0 spiro atoms. The van der Waals surface area contributed by atoms with Crippen molar-refractivity contribution in [3.8, 4) is 0 Å². The van der Waals surface area contributed by atoms with Crippen molar-refractivity contribution in [3.63, 3.8) is 0 Å². The minimum absolute atomic E-state index is 0.683. The molecule has 2 nitrogen and oxygen atoms in total. The monoisotopic (exact) mass is 252 g/mol. The Balaban J connectivity index is 1.76. The molecule has 2 aliphatic rings. The van der Waals surface area contributed by atoms with Gasteiger partial charge in [-0.1, -0.05) is 26.2 Å². The molecule has 0 aromatic heterocycles. The molecule has 1 aliphatic carbocycles. The fourth-order valence-corrected chi connectivity index (χ4v) is 4.01. The number of nitrogens with one attached hydrogen (secondary N) is 1. The van der Waals surface area contributed by atoms with Gasteiger partial charge < -0.3 is 5.32 Å². The van der Waals surface area contributed by atoms with Gasteiger partial charge in [-0.15, -0.1) is 0 Å². The largest absolute Gasteiger partial charge is 0.313 e. The molecule has 0 aromatic carbocycles. The van der Waals surface area contributed by atoms with E-state index in [0.717, 1.165) is 18.0 Å². The quantitative estimate of drug-likeness (QED) is 0.779. The predicted molar refractivity (Wildman–Crippen MR) is 78.9 cm³/mol. The average molecular weight is 252 g/mol. The van der Waals surface area contributed by atoms with Crippen LogP contribution in [-0.4, -0.2) is 36.1 Å². The van der Waals surface area contributed by atoms with Gasteiger partial charge in [-0.25, -0.2) is 0 Å². The van der Waals surface area contributed by atoms with Crippen LogP contribution >= 0.6 is 0 Å². The van der Waals surface area contributed by atoms with Crippen molar-refractivity contribution >= 4 is 0 Å². The van der Waals surface area contributed by atoms with E-state index in [1.54, 1.807) is 0 Å². The van der Waals surface area contributed by atoms with Gasteiger partial charge in [-0.05, 0) is 52.0 Å². The van der Waals surface area contributed by atoms with Crippen molar-refractivity contribution in [2.45, 2.75) is 83.8 Å². The second-order valence-corrected chi connectivity index (χ2v) is 6.59. The molecule has 4 unspecified atom stereocenters. The van der Waals surface area contributed by atoms with Gasteiger partial charge in [0.1, 0.15) is 0 Å². The molecule has 0 radical (unpaired) electrons. The van der Waals surface area contributed by atoms with Gasteiger partial charge in [-0.2, -0.15) is 0 Å². The highest BCUT2D eigenvalue weighted by atomic mass is 15.2. The molecule has 18 heavy (non-hydrogen) atoms. The molecule has 106 valence electrons. The molecule has 4 atom stereocenters. The van der Waals surface area contributed by atoms with Crippen molar-refractivity contribution in [3.05, 3.63) is 0 Å². The molecule has 1 aliphatic heterocycles. The van der Waals surface area contributed by atoms with E-state index in [-0.39, 0.29) is 0 Å². The maximum Gasteiger partial charge on any atom is 0.0195 e. The summed E-state index contributed by atoms with van der Waals surface area (Å²) in [5, 5.41) is 3.71. The number of hydrogen-bond donors (Lipinski definition) is 1. The molecule has 1 saturated carbocycles. The summed E-state index contributed by atoms with van der Waals surface area (Å²) >= 11 is 0. The normalized spacial score (nSPS) is 32.2. The van der Waals surface area contributed by atoms with E-state index in [0.29, 0.717) is 6.04 Å². The molecule has 1 saturated heterocycles. The summed E-state index contributed by atoms with van der Waals surface area (Å²) in [4.78, 5) is 2.80. The summed E-state index contributed by atoms with van der Waals surface area (Å²) in [5.74, 6) is 1.02. The fourth-order valence-electron chi connectivity index (χ4n) is 4.01. The Labute approximate surface area is 114 Å². The Bertz CT molecular complexity index is 241. The van der Waals surface area contributed by atoms with E-state index >= 15 is 0 Å². The van der Waals surface area contributed by atoms with Crippen LogP contribution in [0.1, 0.15) is 65.7 Å². The summed E-state index contributed by atoms with van der Waals surface area (Å²) in [6, 6.07) is 2.32. The summed E-state index contributed by atoms with van der Waals surface area (Å²) in [5.41, 5.74) is 0. The Kier molecular flexibility index (Phi) is 5.50. The van der Waals surface area contributed by atoms with Crippen molar-refractivity contribution in [1.82, 2.24) is 10.2 Å². The van der Waals surface area contributed by atoms with Crippen LogP contribution in [0.25, 0.3) is 0 Å². The van der Waals surface area contributed by atoms with Gasteiger partial charge in [0.25, 0.3) is 0 Å². The summed E-state index contributed by atoms with van der Waals surface area (Å²) in [6.45, 7) is 9.53. The van der Waals surface area contributed by atoms with Crippen LogP contribution in [0.4, 0.5) is 0 Å². The summed E-state index contributed by atoms with van der Waals surface area (Å²) < 4.78 is 0. The van der Waals surface area contributed by atoms with E-state index in [1.807, 2.05) is 0 Å². The Morgan fingerprint density at radius 1 is 1.17 bits per heavy atom. The third kappa shape index (κ3) is 3.48. The second-order valence-electron chi connectivity index (χ2n) is 6.59. The molecule has 2 rings (SSSR count). The maximum absolute atomic E-state index is 3.71. The van der Waals surface area contributed by atoms with Gasteiger partial charge in [0.15, 0.2) is 0 Å². The highest BCUT2D eigenvalue weighted by molar-refractivity contribution is 4.92. The first-order chi connectivity index (χ1) is 8.72. The van der Waals surface area contributed by atoms with Gasteiger partial charge in [-0.3, -0.25) is 4.90 Å². The molecule has 0 bridgehead atoms. The van der Waals surface area contributed by atoms with Crippen LogP contribution in [-0.2, 0) is 0 Å². The van der Waals surface area contributed by atoms with Crippen molar-refractivity contribution in [2.24, 2.45) is 5.92 Å². The highest BCUT2D eigenvalue weighted by Gasteiger charge is 2.37. The van der Waals surface area contributed by atoms with Crippen LogP contribution in [0.5, 0.6) is 0 Å². The third-order valence-corrected chi connectivity index (χ3v) is 5.10. The number of nitrogens with zero attached hydrogens (tertiary/aromatic N) is 1. The third-order valence-electron chi connectivity index (χ3n) is 5.10. The van der Waals surface area contributed by atoms with E-state index in [4.69, 9.17) is 0 Å². The van der Waals surface area contributed by atoms with Crippen molar-refractivity contribution in [2.75, 3.05) is 13.1 Å². The van der Waals surface area contributed by atoms with Gasteiger partial charge in [0.05, 0.1) is 0 Å². The predicted octanol–water partition coefficient (Wildman–Crippen LogP) is 3.42. The smallest absolute Gasteiger partial charge is 0.0195 e. The highest BCUT2D eigenvalue weighted by Crippen LogP contribution is 2.36. The molecule has 1 heterocycles. The van der Waals surface area contributed by atoms with Crippen LogP contribution in [0.3, 0.4) is 0 Å². The lowest BCUT2D eigenvalue weighted by molar-refractivity contribution is 0.137. The second kappa shape index (κ2) is 6.91. The zero-order valence-electron chi connectivity index (χ0n) is 12.6. The standard InChI is InChI=1S/C16H32N2/c1-4-7-13(2)17-12-14(3)18-11-10-15-8-5-6-9-16(15)18/h13-17H,4-12H2,1-3H3. The van der Waals surface area contributed by atoms with Gasteiger partial charge in [0.2, 0.25) is 0 Å². The van der Waals surface area contributed by atoms with Gasteiger partial charge >= 0.3 is 0 Å². The van der Waals surface area contributed by atoms with Crippen LogP contribution in [0.15, 0.2) is 0 Å². The Morgan fingerprint density at radius 3 is 2.72 bits per heavy atom. The van der Waals surface area contributed by atoms with Crippen LogP contribution in [0.2, 0.25) is 0 Å². The molecular weight excluding hydrogens is 220 g/mol. The zero-order valence-corrected chi connectivity index (χ0v) is 12.6. The number of hydrogen-bond acceptors (Lipinski definition) is 2. The summed E-state index contributed by atoms with van der Waals surface area (Å²) in [6.07, 6.45) is 9.95. The Hall–Kier alpha value is -0.0800. The SMILES string of the molecule is CCCC(C)NCC(C)N1CCC2CCCCC21. The molecule has 2 heteroatoms. The van der Waals surface area contributed by atoms with E-state index in [9.17, 15) is 0 Å². The molecule has 2 fully saturated rings. The topological polar surface area (TPSA) is 15.3 Å². The molecule has 1 N–H and O–H groups in total. The fraction of sp³-hybridized carbons (Fsp3) is 1.00. The van der Waals surface area contributed by atoms with E-state index in [1.165, 1.54) is 58.0 Å². The van der Waals surface area contributed by atoms with E-state index in [2.05, 4.69) is 31.0 Å². The minimum atomic E-state index is 0.683. The van der Waals surface area contributed by atoms with Crippen molar-refractivity contribution < 1.29 is 0 Å². The zero-order chi connectivity index (χ0) is 13.0. The lowest BCUT2D eigenvalue weighted by Crippen LogP contribution is -2.46. The van der Waals surface area contributed by atoms with E-state index < -0.39 is 0 Å². The lowest BCUT2D eigenvalue weighted by atomic mass is 9.85. The lowest BCUT2D eigenvalue weighted by Gasteiger charge is -2.36. The number of rotatable bonds is 6. The maximum atomic E-state index is 3.71. The Morgan fingerprint density at radius 2 is 1.94 bits per heavy atom. The first-order valence-corrected chi connectivity index (χ1v) is 8.21. The van der Waals surface area contributed by atoms with Crippen LogP contribution < -0.4 is 5.32 Å². The molecule has 0 aromatic rings. The van der Waals surface area contributed by atoms with Gasteiger partial charge in [0, 0.05) is 24.7 Å². The molecule has 0 amide bonds. The number of fused-ring (bicyclic) bond motifs is 1. The first-order valence-electron chi connectivity index (χ1n) is 8.21. The average Bonchev–Trinajstić information content (AvgIpc) is 2.80. The minimum Gasteiger partial charge on any atom is -0.313 e. The van der Waals surface area contributed by atoms with Crippen molar-refractivity contribution in [1.29, 1.82) is 0 Å². The van der Waals surface area contributed by atoms with Crippen LogP contribution in [0, 0.1) is 5.92 Å².